The van der Waals surface area contributed by atoms with Crippen molar-refractivity contribution in [3.8, 4) is 0 Å². The monoisotopic (exact) mass is 280 g/mol. The molecule has 0 saturated carbocycles. The van der Waals surface area contributed by atoms with E-state index in [1.807, 2.05) is 24.3 Å². The summed E-state index contributed by atoms with van der Waals surface area (Å²) in [5.41, 5.74) is 8.29. The summed E-state index contributed by atoms with van der Waals surface area (Å²) in [6.45, 7) is 6.44. The first kappa shape index (κ1) is 13.5. The highest BCUT2D eigenvalue weighted by Gasteiger charge is 2.21. The third kappa shape index (κ3) is 2.74. The van der Waals surface area contributed by atoms with Crippen LogP contribution in [0.25, 0.3) is 0 Å². The molecule has 2 rings (SSSR count). The molecule has 96 valence electrons. The van der Waals surface area contributed by atoms with Crippen LogP contribution in [0.1, 0.15) is 43.1 Å². The first-order valence-electron chi connectivity index (χ1n) is 5.85. The Kier molecular flexibility index (Phi) is 3.76. The summed E-state index contributed by atoms with van der Waals surface area (Å²) < 4.78 is 0. The molecule has 18 heavy (non-hydrogen) atoms. The van der Waals surface area contributed by atoms with E-state index in [2.05, 4.69) is 31.1 Å². The molecule has 2 nitrogen and oxygen atoms in total. The second-order valence-electron chi connectivity index (χ2n) is 5.32. The summed E-state index contributed by atoms with van der Waals surface area (Å²) in [5, 5.41) is 3.68. The predicted octanol–water partition coefficient (Wildman–Crippen LogP) is 4.14. The highest BCUT2D eigenvalue weighted by molar-refractivity contribution is 7.09. The average molecular weight is 281 g/mol. The molecule has 4 heteroatoms. The van der Waals surface area contributed by atoms with Crippen molar-refractivity contribution in [2.45, 2.75) is 32.2 Å². The average Bonchev–Trinajstić information content (AvgIpc) is 2.77. The number of aromatic nitrogens is 1. The SMILES string of the molecule is CC(C)(C)c1csc(C(N)c2ccccc2Cl)n1. The molecule has 1 aromatic heterocycles. The largest absolute Gasteiger partial charge is 0.318 e. The van der Waals surface area contributed by atoms with Crippen LogP contribution < -0.4 is 5.73 Å². The summed E-state index contributed by atoms with van der Waals surface area (Å²) in [6.07, 6.45) is 0. The molecule has 1 aromatic carbocycles. The van der Waals surface area contributed by atoms with Gasteiger partial charge in [-0.05, 0) is 11.6 Å². The van der Waals surface area contributed by atoms with E-state index in [9.17, 15) is 0 Å². The third-order valence-electron chi connectivity index (χ3n) is 2.80. The van der Waals surface area contributed by atoms with Crippen molar-refractivity contribution < 1.29 is 0 Å². The van der Waals surface area contributed by atoms with Gasteiger partial charge in [-0.1, -0.05) is 50.6 Å². The lowest BCUT2D eigenvalue weighted by atomic mass is 9.93. The molecule has 0 aliphatic rings. The van der Waals surface area contributed by atoms with Crippen LogP contribution in [-0.2, 0) is 5.41 Å². The number of nitrogens with two attached hydrogens (primary N) is 1. The molecule has 0 bridgehead atoms. The highest BCUT2D eigenvalue weighted by Crippen LogP contribution is 2.31. The lowest BCUT2D eigenvalue weighted by Gasteiger charge is -2.15. The predicted molar refractivity (Wildman–Crippen MR) is 78.3 cm³/mol. The quantitative estimate of drug-likeness (QED) is 0.898. The van der Waals surface area contributed by atoms with Crippen LogP contribution >= 0.6 is 22.9 Å². The van der Waals surface area contributed by atoms with Crippen LogP contribution in [0.5, 0.6) is 0 Å². The molecule has 1 unspecified atom stereocenters. The molecule has 1 heterocycles. The Labute approximate surface area is 117 Å². The maximum absolute atomic E-state index is 6.24. The van der Waals surface area contributed by atoms with Crippen LogP contribution in [-0.4, -0.2) is 4.98 Å². The molecular formula is C14H17ClN2S. The minimum absolute atomic E-state index is 0.0505. The second kappa shape index (κ2) is 5.00. The van der Waals surface area contributed by atoms with Gasteiger partial charge >= 0.3 is 0 Å². The van der Waals surface area contributed by atoms with Crippen LogP contribution in [0.3, 0.4) is 0 Å². The van der Waals surface area contributed by atoms with Crippen molar-refractivity contribution in [1.29, 1.82) is 0 Å². The van der Waals surface area contributed by atoms with E-state index in [1.54, 1.807) is 11.3 Å². The Hall–Kier alpha value is -0.900. The topological polar surface area (TPSA) is 38.9 Å². The van der Waals surface area contributed by atoms with Gasteiger partial charge in [-0.3, -0.25) is 0 Å². The van der Waals surface area contributed by atoms with Crippen LogP contribution in [0.15, 0.2) is 29.6 Å². The summed E-state index contributed by atoms with van der Waals surface area (Å²) in [7, 11) is 0. The van der Waals surface area contributed by atoms with Gasteiger partial charge in [0, 0.05) is 15.8 Å². The first-order chi connectivity index (χ1) is 8.39. The van der Waals surface area contributed by atoms with E-state index in [0.717, 1.165) is 16.3 Å². The number of halogens is 1. The molecule has 0 aliphatic carbocycles. The third-order valence-corrected chi connectivity index (χ3v) is 4.07. The molecule has 0 radical (unpaired) electrons. The van der Waals surface area contributed by atoms with Crippen molar-refractivity contribution >= 4 is 22.9 Å². The number of rotatable bonds is 2. The Morgan fingerprint density at radius 3 is 2.50 bits per heavy atom. The van der Waals surface area contributed by atoms with Crippen LogP contribution in [0.2, 0.25) is 5.02 Å². The molecule has 2 N–H and O–H groups in total. The Morgan fingerprint density at radius 1 is 1.28 bits per heavy atom. The summed E-state index contributed by atoms with van der Waals surface area (Å²) >= 11 is 7.76. The zero-order valence-corrected chi connectivity index (χ0v) is 12.3. The van der Waals surface area contributed by atoms with Gasteiger partial charge in [0.25, 0.3) is 0 Å². The fraction of sp³-hybridized carbons (Fsp3) is 0.357. The summed E-state index contributed by atoms with van der Waals surface area (Å²) in [4.78, 5) is 4.63. The molecule has 0 saturated heterocycles. The number of hydrogen-bond acceptors (Lipinski definition) is 3. The van der Waals surface area contributed by atoms with E-state index in [-0.39, 0.29) is 11.5 Å². The van der Waals surface area contributed by atoms with Gasteiger partial charge in [0.1, 0.15) is 5.01 Å². The van der Waals surface area contributed by atoms with Gasteiger partial charge in [0.15, 0.2) is 0 Å². The number of benzene rings is 1. The fourth-order valence-electron chi connectivity index (χ4n) is 1.64. The number of hydrogen-bond donors (Lipinski definition) is 1. The van der Waals surface area contributed by atoms with E-state index >= 15 is 0 Å². The van der Waals surface area contributed by atoms with Gasteiger partial charge in [0.2, 0.25) is 0 Å². The van der Waals surface area contributed by atoms with Crippen molar-refractivity contribution in [2.24, 2.45) is 5.73 Å². The van der Waals surface area contributed by atoms with Gasteiger partial charge in [-0.25, -0.2) is 4.98 Å². The van der Waals surface area contributed by atoms with Crippen molar-refractivity contribution in [2.75, 3.05) is 0 Å². The molecule has 0 spiro atoms. The van der Waals surface area contributed by atoms with Gasteiger partial charge in [0.05, 0.1) is 11.7 Å². The molecule has 0 aliphatic heterocycles. The maximum atomic E-state index is 6.24. The van der Waals surface area contributed by atoms with Crippen molar-refractivity contribution in [3.05, 3.63) is 50.9 Å². The Balaban J connectivity index is 2.33. The van der Waals surface area contributed by atoms with E-state index in [0.29, 0.717) is 5.02 Å². The zero-order chi connectivity index (χ0) is 13.3. The molecule has 0 amide bonds. The maximum Gasteiger partial charge on any atom is 0.114 e. The van der Waals surface area contributed by atoms with Gasteiger partial charge < -0.3 is 5.73 Å². The lowest BCUT2D eigenvalue weighted by molar-refractivity contribution is 0.569. The summed E-state index contributed by atoms with van der Waals surface area (Å²) in [5.74, 6) is 0. The van der Waals surface area contributed by atoms with Crippen LogP contribution in [0, 0.1) is 0 Å². The lowest BCUT2D eigenvalue weighted by Crippen LogP contribution is -2.15. The van der Waals surface area contributed by atoms with Gasteiger partial charge in [-0.15, -0.1) is 11.3 Å². The normalized spacial score (nSPS) is 13.6. The highest BCUT2D eigenvalue weighted by atomic mass is 35.5. The minimum Gasteiger partial charge on any atom is -0.318 e. The molecule has 0 fully saturated rings. The van der Waals surface area contributed by atoms with Crippen molar-refractivity contribution in [3.63, 3.8) is 0 Å². The fourth-order valence-corrected chi connectivity index (χ4v) is 2.95. The summed E-state index contributed by atoms with van der Waals surface area (Å²) in [6, 6.07) is 7.40. The smallest absolute Gasteiger partial charge is 0.114 e. The molecule has 2 aromatic rings. The molecule has 1 atom stereocenters. The first-order valence-corrected chi connectivity index (χ1v) is 7.11. The van der Waals surface area contributed by atoms with E-state index in [1.165, 1.54) is 0 Å². The van der Waals surface area contributed by atoms with Gasteiger partial charge in [-0.2, -0.15) is 0 Å². The zero-order valence-electron chi connectivity index (χ0n) is 10.8. The Bertz CT molecular complexity index is 543. The van der Waals surface area contributed by atoms with Crippen LogP contribution in [0.4, 0.5) is 0 Å². The number of nitrogens with zero attached hydrogens (tertiary/aromatic N) is 1. The minimum atomic E-state index is -0.250. The molecular weight excluding hydrogens is 264 g/mol. The van der Waals surface area contributed by atoms with Crippen molar-refractivity contribution in [1.82, 2.24) is 4.98 Å². The number of thiazole rings is 1. The Morgan fingerprint density at radius 2 is 1.94 bits per heavy atom. The van der Waals surface area contributed by atoms with E-state index in [4.69, 9.17) is 17.3 Å². The second-order valence-corrected chi connectivity index (χ2v) is 6.62. The standard InChI is InChI=1S/C14H17ClN2S/c1-14(2,3)11-8-18-13(17-11)12(16)9-6-4-5-7-10(9)15/h4-8,12H,16H2,1-3H3. The van der Waals surface area contributed by atoms with E-state index < -0.39 is 0 Å².